The van der Waals surface area contributed by atoms with E-state index in [1.54, 1.807) is 0 Å². The summed E-state index contributed by atoms with van der Waals surface area (Å²) in [4.78, 5) is 0. The largest absolute Gasteiger partial charge is 0.297 e. The van der Waals surface area contributed by atoms with Crippen molar-refractivity contribution in [2.24, 2.45) is 0 Å². The van der Waals surface area contributed by atoms with Crippen molar-refractivity contribution in [2.75, 3.05) is 6.54 Å². The molecule has 0 spiro atoms. The maximum Gasteiger partial charge on any atom is 0.0410 e. The first-order valence-corrected chi connectivity index (χ1v) is 3.73. The smallest absolute Gasteiger partial charge is 0.0410 e. The lowest BCUT2D eigenvalue weighted by molar-refractivity contribution is 0.115. The highest BCUT2D eigenvalue weighted by molar-refractivity contribution is 4.86. The van der Waals surface area contributed by atoms with Gasteiger partial charge in [0.25, 0.3) is 0 Å². The molecule has 3 heteroatoms. The third kappa shape index (κ3) is 1.42. The maximum atomic E-state index is 3.20. The van der Waals surface area contributed by atoms with Crippen molar-refractivity contribution < 1.29 is 0 Å². The lowest BCUT2D eigenvalue weighted by Gasteiger charge is -2.24. The van der Waals surface area contributed by atoms with E-state index in [2.05, 4.69) is 31.3 Å². The number of rotatable bonds is 2. The molecular weight excluding hydrogens is 126 g/mol. The number of nitrogens with one attached hydrogen (secondary N) is 1. The Kier molecular flexibility index (Phi) is 2.17. The van der Waals surface area contributed by atoms with Crippen LogP contribution in [-0.4, -0.2) is 22.6 Å². The zero-order valence-electron chi connectivity index (χ0n) is 6.83. The summed E-state index contributed by atoms with van der Waals surface area (Å²) in [6.07, 6.45) is 4.09. The second kappa shape index (κ2) is 2.92. The normalized spacial score (nSPS) is 17.6. The quantitative estimate of drug-likeness (QED) is 0.617. The Morgan fingerprint density at radius 3 is 2.40 bits per heavy atom. The summed E-state index contributed by atoms with van der Waals surface area (Å²) in [5, 5.41) is 4.11. The molecule has 0 fully saturated rings. The summed E-state index contributed by atoms with van der Waals surface area (Å²) in [6.45, 7) is 7.41. The third-order valence-electron chi connectivity index (χ3n) is 1.55. The van der Waals surface area contributed by atoms with Crippen LogP contribution in [0.5, 0.6) is 0 Å². The van der Waals surface area contributed by atoms with Gasteiger partial charge >= 0.3 is 0 Å². The van der Waals surface area contributed by atoms with E-state index in [0.717, 1.165) is 6.54 Å². The molecule has 0 amide bonds. The molecule has 0 unspecified atom stereocenters. The van der Waals surface area contributed by atoms with Crippen LogP contribution in [-0.2, 0) is 0 Å². The standard InChI is InChI=1S/C7H15N3/c1-4-9-5-6-10(8-9)7(2)3/h5-8H,4H2,1-3H3. The molecule has 0 atom stereocenters. The molecule has 0 saturated carbocycles. The Morgan fingerprint density at radius 1 is 1.40 bits per heavy atom. The Hall–Kier alpha value is -0.700. The number of hydrazine groups is 2. The van der Waals surface area contributed by atoms with Crippen molar-refractivity contribution in [3.8, 4) is 0 Å². The second-order valence-corrected chi connectivity index (χ2v) is 2.69. The fourth-order valence-corrected chi connectivity index (χ4v) is 0.831. The van der Waals surface area contributed by atoms with Crippen LogP contribution in [0.3, 0.4) is 0 Å². The predicted octanol–water partition coefficient (Wildman–Crippen LogP) is 0.923. The van der Waals surface area contributed by atoms with Gasteiger partial charge in [-0.25, -0.2) is 0 Å². The monoisotopic (exact) mass is 141 g/mol. The third-order valence-corrected chi connectivity index (χ3v) is 1.55. The second-order valence-electron chi connectivity index (χ2n) is 2.69. The van der Waals surface area contributed by atoms with Crippen LogP contribution in [0.4, 0.5) is 0 Å². The average molecular weight is 141 g/mol. The predicted molar refractivity (Wildman–Crippen MR) is 41.6 cm³/mol. The molecule has 1 rings (SSSR count). The zero-order chi connectivity index (χ0) is 7.56. The molecule has 0 bridgehead atoms. The maximum absolute atomic E-state index is 3.20. The van der Waals surface area contributed by atoms with Gasteiger partial charge in [-0.2, -0.15) is 0 Å². The first kappa shape index (κ1) is 7.41. The lowest BCUT2D eigenvalue weighted by Crippen LogP contribution is -2.42. The van der Waals surface area contributed by atoms with Gasteiger partial charge in [-0.1, -0.05) is 0 Å². The van der Waals surface area contributed by atoms with E-state index < -0.39 is 0 Å². The summed E-state index contributed by atoms with van der Waals surface area (Å²) in [5.74, 6) is 0. The molecule has 58 valence electrons. The van der Waals surface area contributed by atoms with E-state index in [1.807, 2.05) is 17.4 Å². The van der Waals surface area contributed by atoms with Gasteiger partial charge in [0, 0.05) is 25.0 Å². The highest BCUT2D eigenvalue weighted by atomic mass is 15.8. The van der Waals surface area contributed by atoms with Gasteiger partial charge in [-0.15, -0.1) is 5.53 Å². The summed E-state index contributed by atoms with van der Waals surface area (Å²) < 4.78 is 0. The van der Waals surface area contributed by atoms with Crippen LogP contribution in [0, 0.1) is 0 Å². The van der Waals surface area contributed by atoms with Crippen molar-refractivity contribution >= 4 is 0 Å². The van der Waals surface area contributed by atoms with Crippen molar-refractivity contribution in [2.45, 2.75) is 26.8 Å². The highest BCUT2D eigenvalue weighted by Gasteiger charge is 2.11. The molecular formula is C7H15N3. The van der Waals surface area contributed by atoms with Crippen molar-refractivity contribution in [1.82, 2.24) is 15.6 Å². The number of hydrogen-bond donors (Lipinski definition) is 1. The van der Waals surface area contributed by atoms with E-state index in [0.29, 0.717) is 6.04 Å². The minimum Gasteiger partial charge on any atom is -0.297 e. The summed E-state index contributed by atoms with van der Waals surface area (Å²) in [6, 6.07) is 0.521. The molecule has 1 N–H and O–H groups in total. The molecule has 1 aliphatic heterocycles. The van der Waals surface area contributed by atoms with Gasteiger partial charge in [0.2, 0.25) is 0 Å². The van der Waals surface area contributed by atoms with E-state index in [-0.39, 0.29) is 0 Å². The molecule has 1 heterocycles. The van der Waals surface area contributed by atoms with Crippen molar-refractivity contribution in [1.29, 1.82) is 0 Å². The van der Waals surface area contributed by atoms with Gasteiger partial charge in [0.15, 0.2) is 0 Å². The summed E-state index contributed by atoms with van der Waals surface area (Å²) in [7, 11) is 0. The molecule has 0 aromatic carbocycles. The van der Waals surface area contributed by atoms with Crippen LogP contribution < -0.4 is 5.53 Å². The summed E-state index contributed by atoms with van der Waals surface area (Å²) in [5.41, 5.74) is 3.20. The van der Waals surface area contributed by atoms with Crippen molar-refractivity contribution in [3.63, 3.8) is 0 Å². The Morgan fingerprint density at radius 2 is 2.10 bits per heavy atom. The number of hydrogen-bond acceptors (Lipinski definition) is 3. The minimum absolute atomic E-state index is 0.521. The van der Waals surface area contributed by atoms with Crippen LogP contribution in [0.25, 0.3) is 0 Å². The van der Waals surface area contributed by atoms with Gasteiger partial charge in [-0.05, 0) is 20.8 Å². The van der Waals surface area contributed by atoms with Crippen LogP contribution in [0.15, 0.2) is 12.4 Å². The molecule has 1 aliphatic rings. The molecule has 0 saturated heterocycles. The van der Waals surface area contributed by atoms with E-state index in [1.165, 1.54) is 0 Å². The Bertz CT molecular complexity index is 131. The van der Waals surface area contributed by atoms with Gasteiger partial charge in [0.05, 0.1) is 0 Å². The SMILES string of the molecule is CCN1C=CN(C(C)C)N1. The fourth-order valence-electron chi connectivity index (χ4n) is 0.831. The summed E-state index contributed by atoms with van der Waals surface area (Å²) >= 11 is 0. The van der Waals surface area contributed by atoms with Gasteiger partial charge < -0.3 is 0 Å². The van der Waals surface area contributed by atoms with Gasteiger partial charge in [-0.3, -0.25) is 10.0 Å². The van der Waals surface area contributed by atoms with E-state index in [4.69, 9.17) is 0 Å². The molecule has 0 aliphatic carbocycles. The highest BCUT2D eigenvalue weighted by Crippen LogP contribution is 2.03. The Labute approximate surface area is 62.2 Å². The Balaban J connectivity index is 2.37. The zero-order valence-corrected chi connectivity index (χ0v) is 6.83. The topological polar surface area (TPSA) is 18.5 Å². The van der Waals surface area contributed by atoms with Crippen LogP contribution in [0.2, 0.25) is 0 Å². The molecule has 10 heavy (non-hydrogen) atoms. The first-order valence-electron chi connectivity index (χ1n) is 3.73. The molecule has 0 radical (unpaired) electrons. The molecule has 0 aromatic heterocycles. The fraction of sp³-hybridized carbons (Fsp3) is 0.714. The van der Waals surface area contributed by atoms with Crippen molar-refractivity contribution in [3.05, 3.63) is 12.4 Å². The molecule has 0 aromatic rings. The van der Waals surface area contributed by atoms with Gasteiger partial charge in [0.1, 0.15) is 0 Å². The molecule has 3 nitrogen and oxygen atoms in total. The number of nitrogens with zero attached hydrogens (tertiary/aromatic N) is 2. The lowest BCUT2D eigenvalue weighted by atomic mass is 10.4. The van der Waals surface area contributed by atoms with Crippen LogP contribution >= 0.6 is 0 Å². The average Bonchev–Trinajstić information content (AvgIpc) is 2.34. The van der Waals surface area contributed by atoms with E-state index >= 15 is 0 Å². The minimum atomic E-state index is 0.521. The van der Waals surface area contributed by atoms with Crippen LogP contribution in [0.1, 0.15) is 20.8 Å². The van der Waals surface area contributed by atoms with E-state index in [9.17, 15) is 0 Å². The first-order chi connectivity index (χ1) is 4.74.